The van der Waals surface area contributed by atoms with Crippen LogP contribution in [0.15, 0.2) is 0 Å². The molecular formula is C7H16N2. The zero-order valence-corrected chi connectivity index (χ0v) is 6.06. The lowest BCUT2D eigenvalue weighted by atomic mass is 9.98. The summed E-state index contributed by atoms with van der Waals surface area (Å²) in [6, 6.07) is 1.16. The van der Waals surface area contributed by atoms with Crippen molar-refractivity contribution < 1.29 is 0 Å². The van der Waals surface area contributed by atoms with Crippen LogP contribution in [0.5, 0.6) is 0 Å². The van der Waals surface area contributed by atoms with Gasteiger partial charge in [-0.3, -0.25) is 0 Å². The molecule has 1 rings (SSSR count). The molecule has 1 aliphatic heterocycles. The van der Waals surface area contributed by atoms with Crippen molar-refractivity contribution in [2.75, 3.05) is 6.54 Å². The van der Waals surface area contributed by atoms with Crippen molar-refractivity contribution >= 4 is 0 Å². The first kappa shape index (κ1) is 7.03. The van der Waals surface area contributed by atoms with E-state index in [9.17, 15) is 0 Å². The molecule has 1 saturated heterocycles. The minimum Gasteiger partial charge on any atom is -0.328 e. The Hall–Kier alpha value is -0.0800. The number of hydrogen-bond acceptors (Lipinski definition) is 2. The Bertz CT molecular complexity index is 76.2. The van der Waals surface area contributed by atoms with Crippen LogP contribution in [0.25, 0.3) is 0 Å². The first-order chi connectivity index (χ1) is 4.33. The second kappa shape index (κ2) is 3.18. The van der Waals surface area contributed by atoms with Crippen LogP contribution < -0.4 is 11.1 Å². The molecule has 3 N–H and O–H groups in total. The normalized spacial score (nSPS) is 29.3. The van der Waals surface area contributed by atoms with E-state index in [1.54, 1.807) is 0 Å². The van der Waals surface area contributed by atoms with Gasteiger partial charge in [-0.25, -0.2) is 0 Å². The van der Waals surface area contributed by atoms with E-state index in [1.165, 1.54) is 13.0 Å². The van der Waals surface area contributed by atoms with E-state index in [4.69, 9.17) is 5.73 Å². The average Bonchev–Trinajstić information content (AvgIpc) is 1.78. The van der Waals surface area contributed by atoms with Crippen molar-refractivity contribution in [1.82, 2.24) is 5.32 Å². The average molecular weight is 128 g/mol. The Labute approximate surface area is 56.8 Å². The fraction of sp³-hybridized carbons (Fsp3) is 1.00. The highest BCUT2D eigenvalue weighted by molar-refractivity contribution is 4.80. The molecule has 0 spiro atoms. The van der Waals surface area contributed by atoms with Crippen molar-refractivity contribution in [2.24, 2.45) is 5.73 Å². The molecule has 9 heavy (non-hydrogen) atoms. The summed E-state index contributed by atoms with van der Waals surface area (Å²) in [7, 11) is 0. The van der Waals surface area contributed by atoms with Crippen LogP contribution in [0.4, 0.5) is 0 Å². The van der Waals surface area contributed by atoms with Crippen LogP contribution in [0.3, 0.4) is 0 Å². The molecule has 2 atom stereocenters. The van der Waals surface area contributed by atoms with Crippen LogP contribution in [-0.2, 0) is 0 Å². The third-order valence-corrected chi connectivity index (χ3v) is 2.04. The van der Waals surface area contributed by atoms with E-state index in [-0.39, 0.29) is 0 Å². The molecule has 2 unspecified atom stereocenters. The second-order valence-corrected chi connectivity index (χ2v) is 2.84. The van der Waals surface area contributed by atoms with Crippen molar-refractivity contribution in [2.45, 2.75) is 38.3 Å². The third-order valence-electron chi connectivity index (χ3n) is 2.04. The molecule has 0 aromatic rings. The molecule has 0 saturated carbocycles. The smallest absolute Gasteiger partial charge is 0.00938 e. The minimum atomic E-state index is 0.419. The van der Waals surface area contributed by atoms with Gasteiger partial charge < -0.3 is 11.1 Å². The topological polar surface area (TPSA) is 38.0 Å². The van der Waals surface area contributed by atoms with Gasteiger partial charge in [0.1, 0.15) is 0 Å². The van der Waals surface area contributed by atoms with Crippen LogP contribution in [-0.4, -0.2) is 18.6 Å². The molecule has 0 aromatic carbocycles. The highest BCUT2D eigenvalue weighted by Crippen LogP contribution is 2.09. The van der Waals surface area contributed by atoms with Gasteiger partial charge in [-0.15, -0.1) is 0 Å². The monoisotopic (exact) mass is 128 g/mol. The molecule has 0 radical (unpaired) electrons. The first-order valence-corrected chi connectivity index (χ1v) is 3.82. The van der Waals surface area contributed by atoms with E-state index in [0.717, 1.165) is 18.9 Å². The van der Waals surface area contributed by atoms with Crippen LogP contribution in [0, 0.1) is 0 Å². The minimum absolute atomic E-state index is 0.419. The maximum absolute atomic E-state index is 5.74. The number of nitrogens with two attached hydrogens (primary N) is 1. The van der Waals surface area contributed by atoms with Crippen LogP contribution in [0.1, 0.15) is 26.2 Å². The predicted molar refractivity (Wildman–Crippen MR) is 39.3 cm³/mol. The summed E-state index contributed by atoms with van der Waals surface area (Å²) < 4.78 is 0. The van der Waals surface area contributed by atoms with E-state index >= 15 is 0 Å². The highest BCUT2D eigenvalue weighted by Gasteiger charge is 2.17. The SMILES string of the molecule is CCC(N)CC1CCN1. The summed E-state index contributed by atoms with van der Waals surface area (Å²) in [5.74, 6) is 0. The molecule has 2 nitrogen and oxygen atoms in total. The second-order valence-electron chi connectivity index (χ2n) is 2.84. The van der Waals surface area contributed by atoms with Crippen LogP contribution >= 0.6 is 0 Å². The van der Waals surface area contributed by atoms with Crippen molar-refractivity contribution in [3.8, 4) is 0 Å². The first-order valence-electron chi connectivity index (χ1n) is 3.82. The summed E-state index contributed by atoms with van der Waals surface area (Å²) in [6.07, 6.45) is 3.60. The fourth-order valence-electron chi connectivity index (χ4n) is 1.08. The van der Waals surface area contributed by atoms with Gasteiger partial charge in [0.05, 0.1) is 0 Å². The molecule has 1 fully saturated rings. The van der Waals surface area contributed by atoms with Crippen molar-refractivity contribution in [3.63, 3.8) is 0 Å². The van der Waals surface area contributed by atoms with Gasteiger partial charge in [0, 0.05) is 12.1 Å². The molecule has 0 bridgehead atoms. The van der Waals surface area contributed by atoms with Gasteiger partial charge in [0.25, 0.3) is 0 Å². The summed E-state index contributed by atoms with van der Waals surface area (Å²) >= 11 is 0. The Kier molecular flexibility index (Phi) is 2.49. The Morgan fingerprint density at radius 3 is 2.78 bits per heavy atom. The van der Waals surface area contributed by atoms with Crippen molar-refractivity contribution in [3.05, 3.63) is 0 Å². The predicted octanol–water partition coefficient (Wildman–Crippen LogP) is 0.476. The molecule has 0 aromatic heterocycles. The summed E-state index contributed by atoms with van der Waals surface area (Å²) in [5, 5.41) is 3.33. The Balaban J connectivity index is 2.01. The lowest BCUT2D eigenvalue weighted by molar-refractivity contribution is 0.326. The van der Waals surface area contributed by atoms with E-state index < -0.39 is 0 Å². The van der Waals surface area contributed by atoms with Gasteiger partial charge in [-0.1, -0.05) is 6.92 Å². The lowest BCUT2D eigenvalue weighted by Crippen LogP contribution is -2.46. The fourth-order valence-corrected chi connectivity index (χ4v) is 1.08. The van der Waals surface area contributed by atoms with Crippen LogP contribution in [0.2, 0.25) is 0 Å². The van der Waals surface area contributed by atoms with E-state index in [1.807, 2.05) is 0 Å². The summed E-state index contributed by atoms with van der Waals surface area (Å²) in [5.41, 5.74) is 5.74. The zero-order valence-electron chi connectivity index (χ0n) is 6.06. The van der Waals surface area contributed by atoms with Gasteiger partial charge in [0.2, 0.25) is 0 Å². The zero-order chi connectivity index (χ0) is 6.69. The standard InChI is InChI=1S/C7H16N2/c1-2-6(8)5-7-3-4-9-7/h6-7,9H,2-5,8H2,1H3. The number of rotatable bonds is 3. The third kappa shape index (κ3) is 1.95. The maximum Gasteiger partial charge on any atom is 0.00938 e. The van der Waals surface area contributed by atoms with E-state index in [2.05, 4.69) is 12.2 Å². The molecule has 2 heteroatoms. The molecular weight excluding hydrogens is 112 g/mol. The van der Waals surface area contributed by atoms with E-state index in [0.29, 0.717) is 6.04 Å². The molecule has 1 heterocycles. The van der Waals surface area contributed by atoms with Gasteiger partial charge in [-0.2, -0.15) is 0 Å². The summed E-state index contributed by atoms with van der Waals surface area (Å²) in [6.45, 7) is 3.34. The summed E-state index contributed by atoms with van der Waals surface area (Å²) in [4.78, 5) is 0. The maximum atomic E-state index is 5.74. The highest BCUT2D eigenvalue weighted by atomic mass is 15.0. The van der Waals surface area contributed by atoms with Crippen molar-refractivity contribution in [1.29, 1.82) is 0 Å². The Morgan fingerprint density at radius 2 is 2.44 bits per heavy atom. The Morgan fingerprint density at radius 1 is 1.78 bits per heavy atom. The largest absolute Gasteiger partial charge is 0.328 e. The molecule has 54 valence electrons. The van der Waals surface area contributed by atoms with Gasteiger partial charge in [-0.05, 0) is 25.8 Å². The lowest BCUT2D eigenvalue weighted by Gasteiger charge is -2.29. The quantitative estimate of drug-likeness (QED) is 0.580. The molecule has 1 aliphatic rings. The van der Waals surface area contributed by atoms with Gasteiger partial charge >= 0.3 is 0 Å². The molecule has 0 aliphatic carbocycles. The number of hydrogen-bond donors (Lipinski definition) is 2. The molecule has 0 amide bonds. The number of nitrogens with one attached hydrogen (secondary N) is 1. The van der Waals surface area contributed by atoms with Gasteiger partial charge in [0.15, 0.2) is 0 Å².